The Kier molecular flexibility index (Phi) is 6.19. The minimum atomic E-state index is -3.90. The first-order chi connectivity index (χ1) is 10.2. The Morgan fingerprint density at radius 1 is 1.18 bits per heavy atom. The number of aryl methyl sites for hydroxylation is 1. The lowest BCUT2D eigenvalue weighted by atomic mass is 10.1. The fourth-order valence-corrected chi connectivity index (χ4v) is 2.96. The van der Waals surface area contributed by atoms with Crippen LogP contribution in [0.15, 0.2) is 17.0 Å². The molecule has 1 aromatic carbocycles. The number of hydrogen-bond acceptors (Lipinski definition) is 5. The van der Waals surface area contributed by atoms with Gasteiger partial charge >= 0.3 is 0 Å². The lowest BCUT2D eigenvalue weighted by molar-refractivity contribution is -0.122. The molecule has 2 N–H and O–H groups in total. The summed E-state index contributed by atoms with van der Waals surface area (Å²) in [5.74, 6) is 0.466. The van der Waals surface area contributed by atoms with Crippen LogP contribution in [0.25, 0.3) is 0 Å². The Balaban J connectivity index is 3.00. The summed E-state index contributed by atoms with van der Waals surface area (Å²) in [4.78, 5) is 13.7. The molecule has 22 heavy (non-hydrogen) atoms. The van der Waals surface area contributed by atoms with Gasteiger partial charge in [-0.25, -0.2) is 8.42 Å². The van der Waals surface area contributed by atoms with Gasteiger partial charge in [-0.1, -0.05) is 13.8 Å². The molecule has 0 fully saturated rings. The number of sulfonamides is 1. The van der Waals surface area contributed by atoms with E-state index in [1.807, 2.05) is 13.8 Å². The van der Waals surface area contributed by atoms with Gasteiger partial charge in [-0.2, -0.15) is 0 Å². The summed E-state index contributed by atoms with van der Waals surface area (Å²) < 4.78 is 34.8. The van der Waals surface area contributed by atoms with Crippen LogP contribution in [0.1, 0.15) is 25.8 Å². The summed E-state index contributed by atoms with van der Waals surface area (Å²) in [5.41, 5.74) is 2.67. The molecule has 1 aromatic rings. The van der Waals surface area contributed by atoms with Crippen molar-refractivity contribution in [2.24, 2.45) is 5.92 Å². The van der Waals surface area contributed by atoms with E-state index in [4.69, 9.17) is 9.47 Å². The van der Waals surface area contributed by atoms with Crippen molar-refractivity contribution in [2.75, 3.05) is 14.2 Å². The van der Waals surface area contributed by atoms with Crippen LogP contribution < -0.4 is 19.7 Å². The number of carbonyl (C=O) groups is 1. The molecule has 0 spiro atoms. The maximum Gasteiger partial charge on any atom is 0.257 e. The quantitative estimate of drug-likeness (QED) is 0.737. The number of rotatable bonds is 7. The molecular weight excluding hydrogens is 308 g/mol. The van der Waals surface area contributed by atoms with Crippen molar-refractivity contribution in [1.82, 2.24) is 10.3 Å². The minimum absolute atomic E-state index is 0.00926. The average Bonchev–Trinajstić information content (AvgIpc) is 2.44. The third-order valence-corrected chi connectivity index (χ3v) is 4.28. The molecule has 0 saturated carbocycles. The molecule has 0 aromatic heterocycles. The zero-order valence-electron chi connectivity index (χ0n) is 13.4. The number of carbonyl (C=O) groups excluding carboxylic acids is 1. The third-order valence-electron chi connectivity index (χ3n) is 2.89. The number of hydrogen-bond donors (Lipinski definition) is 2. The molecule has 0 aliphatic heterocycles. The Morgan fingerprint density at radius 3 is 2.23 bits per heavy atom. The Labute approximate surface area is 131 Å². The number of benzene rings is 1. The Bertz CT molecular complexity index is 641. The molecule has 0 saturated heterocycles. The molecule has 0 aliphatic rings. The second-order valence-electron chi connectivity index (χ2n) is 5.22. The van der Waals surface area contributed by atoms with Crippen molar-refractivity contribution in [3.63, 3.8) is 0 Å². The van der Waals surface area contributed by atoms with Crippen molar-refractivity contribution in [2.45, 2.75) is 32.1 Å². The smallest absolute Gasteiger partial charge is 0.257 e. The molecule has 124 valence electrons. The number of methoxy groups -OCH3 is 2. The highest BCUT2D eigenvalue weighted by Gasteiger charge is 2.21. The van der Waals surface area contributed by atoms with E-state index < -0.39 is 15.9 Å². The maximum atomic E-state index is 12.3. The van der Waals surface area contributed by atoms with Gasteiger partial charge in [0.25, 0.3) is 10.0 Å². The van der Waals surface area contributed by atoms with Crippen LogP contribution in [-0.2, 0) is 14.8 Å². The summed E-state index contributed by atoms with van der Waals surface area (Å²) in [6.45, 7) is 5.37. The molecule has 0 heterocycles. The van der Waals surface area contributed by atoms with Crippen molar-refractivity contribution in [3.8, 4) is 11.5 Å². The zero-order valence-corrected chi connectivity index (χ0v) is 14.2. The van der Waals surface area contributed by atoms with E-state index in [-0.39, 0.29) is 17.2 Å². The van der Waals surface area contributed by atoms with Gasteiger partial charge < -0.3 is 9.47 Å². The largest absolute Gasteiger partial charge is 0.493 e. The first-order valence-corrected chi connectivity index (χ1v) is 8.22. The van der Waals surface area contributed by atoms with Crippen molar-refractivity contribution >= 4 is 15.9 Å². The van der Waals surface area contributed by atoms with E-state index in [9.17, 15) is 13.2 Å². The molecular formula is C14H22N2O5S. The lowest BCUT2D eigenvalue weighted by Crippen LogP contribution is -2.42. The SMILES string of the molecule is COc1cc(C)c(S(=O)(=O)NNC(=O)CC(C)C)cc1OC. The first-order valence-electron chi connectivity index (χ1n) is 6.74. The van der Waals surface area contributed by atoms with Crippen LogP contribution in [0.2, 0.25) is 0 Å². The van der Waals surface area contributed by atoms with Gasteiger partial charge in [-0.05, 0) is 24.5 Å². The van der Waals surface area contributed by atoms with Gasteiger partial charge in [0.1, 0.15) is 0 Å². The van der Waals surface area contributed by atoms with Gasteiger partial charge in [-0.15, -0.1) is 4.83 Å². The number of ether oxygens (including phenoxy) is 2. The zero-order chi connectivity index (χ0) is 16.9. The highest BCUT2D eigenvalue weighted by molar-refractivity contribution is 7.89. The topological polar surface area (TPSA) is 93.7 Å². The summed E-state index contributed by atoms with van der Waals surface area (Å²) in [6, 6.07) is 2.91. The van der Waals surface area contributed by atoms with Crippen LogP contribution >= 0.6 is 0 Å². The fourth-order valence-electron chi connectivity index (χ4n) is 1.85. The molecule has 8 heteroatoms. The van der Waals surface area contributed by atoms with E-state index in [1.54, 1.807) is 13.0 Å². The van der Waals surface area contributed by atoms with E-state index in [1.165, 1.54) is 20.3 Å². The monoisotopic (exact) mass is 330 g/mol. The van der Waals surface area contributed by atoms with Crippen molar-refractivity contribution in [3.05, 3.63) is 17.7 Å². The van der Waals surface area contributed by atoms with Gasteiger partial charge in [-0.3, -0.25) is 10.2 Å². The van der Waals surface area contributed by atoms with Crippen LogP contribution in [-0.4, -0.2) is 28.5 Å². The fraction of sp³-hybridized carbons (Fsp3) is 0.500. The van der Waals surface area contributed by atoms with E-state index in [0.29, 0.717) is 17.1 Å². The molecule has 0 radical (unpaired) electrons. The molecule has 0 aliphatic carbocycles. The predicted molar refractivity (Wildman–Crippen MR) is 82.2 cm³/mol. The first kappa shape index (κ1) is 18.2. The molecule has 0 unspecified atom stereocenters. The second-order valence-corrected chi connectivity index (χ2v) is 6.88. The summed E-state index contributed by atoms with van der Waals surface area (Å²) in [6.07, 6.45) is 0.230. The average molecular weight is 330 g/mol. The highest BCUT2D eigenvalue weighted by Crippen LogP contribution is 2.32. The van der Waals surface area contributed by atoms with Crippen LogP contribution in [0, 0.1) is 12.8 Å². The van der Waals surface area contributed by atoms with E-state index in [2.05, 4.69) is 10.3 Å². The van der Waals surface area contributed by atoms with Gasteiger partial charge in [0.15, 0.2) is 11.5 Å². The third kappa shape index (κ3) is 4.60. The molecule has 1 rings (SSSR count). The van der Waals surface area contributed by atoms with Crippen molar-refractivity contribution < 1.29 is 22.7 Å². The van der Waals surface area contributed by atoms with E-state index in [0.717, 1.165) is 0 Å². The molecule has 7 nitrogen and oxygen atoms in total. The molecule has 1 amide bonds. The van der Waals surface area contributed by atoms with Crippen LogP contribution in [0.5, 0.6) is 11.5 Å². The number of hydrazine groups is 1. The standard InChI is InChI=1S/C14H22N2O5S/c1-9(2)6-14(17)15-16-22(18,19)13-8-12(21-5)11(20-4)7-10(13)3/h7-9,16H,6H2,1-5H3,(H,15,17). The maximum absolute atomic E-state index is 12.3. The summed E-state index contributed by atoms with van der Waals surface area (Å²) >= 11 is 0. The predicted octanol–water partition coefficient (Wildman–Crippen LogP) is 1.37. The summed E-state index contributed by atoms with van der Waals surface area (Å²) in [7, 11) is -1.01. The van der Waals surface area contributed by atoms with Gasteiger partial charge in [0, 0.05) is 12.5 Å². The summed E-state index contributed by atoms with van der Waals surface area (Å²) in [5, 5.41) is 0. The second kappa shape index (κ2) is 7.46. The van der Waals surface area contributed by atoms with Gasteiger partial charge in [0.05, 0.1) is 19.1 Å². The van der Waals surface area contributed by atoms with Gasteiger partial charge in [0.2, 0.25) is 5.91 Å². The Morgan fingerprint density at radius 2 is 1.73 bits per heavy atom. The van der Waals surface area contributed by atoms with Crippen LogP contribution in [0.4, 0.5) is 0 Å². The molecule has 0 atom stereocenters. The Hall–Kier alpha value is -1.80. The minimum Gasteiger partial charge on any atom is -0.493 e. The number of nitrogens with one attached hydrogen (secondary N) is 2. The lowest BCUT2D eigenvalue weighted by Gasteiger charge is -2.14. The normalized spacial score (nSPS) is 11.4. The van der Waals surface area contributed by atoms with E-state index >= 15 is 0 Å². The van der Waals surface area contributed by atoms with Crippen molar-refractivity contribution in [1.29, 1.82) is 0 Å². The molecule has 0 bridgehead atoms. The highest BCUT2D eigenvalue weighted by atomic mass is 32.2. The number of amides is 1. The van der Waals surface area contributed by atoms with Crippen LogP contribution in [0.3, 0.4) is 0 Å².